The van der Waals surface area contributed by atoms with Gasteiger partial charge in [0.2, 0.25) is 6.41 Å². The largest absolute Gasteiger partial charge is 0.407 e. The molecule has 3 aromatic rings. The van der Waals surface area contributed by atoms with Crippen LogP contribution in [-0.4, -0.2) is 32.8 Å². The summed E-state index contributed by atoms with van der Waals surface area (Å²) in [6.07, 6.45) is 2.80. The van der Waals surface area contributed by atoms with E-state index in [1.165, 1.54) is 10.4 Å². The Morgan fingerprint density at radius 1 is 0.781 bits per heavy atom. The monoisotopic (exact) mass is 445 g/mol. The fraction of sp³-hybridized carbons (Fsp3) is 0.321. The first-order valence-corrected chi connectivity index (χ1v) is 13.4. The average Bonchev–Trinajstić information content (AvgIpc) is 2.81. The lowest BCUT2D eigenvalue weighted by molar-refractivity contribution is -0.118. The highest BCUT2D eigenvalue weighted by atomic mass is 28.4. The first-order valence-electron chi connectivity index (χ1n) is 11.5. The minimum Gasteiger partial charge on any atom is -0.407 e. The van der Waals surface area contributed by atoms with E-state index in [4.69, 9.17) is 4.43 Å². The molecule has 0 bridgehead atoms. The third kappa shape index (κ3) is 5.75. The highest BCUT2D eigenvalue weighted by Crippen LogP contribution is 2.36. The molecule has 0 aromatic heterocycles. The van der Waals surface area contributed by atoms with Gasteiger partial charge in [-0.2, -0.15) is 0 Å². The van der Waals surface area contributed by atoms with Crippen LogP contribution in [0.2, 0.25) is 5.04 Å². The van der Waals surface area contributed by atoms with Crippen LogP contribution < -0.4 is 10.4 Å². The van der Waals surface area contributed by atoms with Crippen molar-refractivity contribution in [1.82, 2.24) is 4.90 Å². The molecule has 0 aliphatic heterocycles. The van der Waals surface area contributed by atoms with Crippen molar-refractivity contribution in [2.75, 3.05) is 13.2 Å². The minimum absolute atomic E-state index is 0.0160. The molecular weight excluding hydrogens is 410 g/mol. The van der Waals surface area contributed by atoms with Crippen LogP contribution in [0.5, 0.6) is 0 Å². The Morgan fingerprint density at radius 2 is 1.28 bits per heavy atom. The molecule has 4 heteroatoms. The first-order chi connectivity index (χ1) is 15.5. The summed E-state index contributed by atoms with van der Waals surface area (Å²) in [4.78, 5) is 13.4. The van der Waals surface area contributed by atoms with Gasteiger partial charge in [0, 0.05) is 19.7 Å². The number of hydrogen-bond donors (Lipinski definition) is 0. The van der Waals surface area contributed by atoms with E-state index in [2.05, 4.69) is 93.6 Å². The predicted octanol–water partition coefficient (Wildman–Crippen LogP) is 5.00. The summed E-state index contributed by atoms with van der Waals surface area (Å²) in [6, 6.07) is 31.6. The van der Waals surface area contributed by atoms with Gasteiger partial charge in [-0.05, 0) is 33.8 Å². The molecule has 168 valence electrons. The fourth-order valence-electron chi connectivity index (χ4n) is 4.39. The van der Waals surface area contributed by atoms with Crippen molar-refractivity contribution in [2.45, 2.75) is 45.2 Å². The van der Waals surface area contributed by atoms with Crippen molar-refractivity contribution in [3.8, 4) is 0 Å². The van der Waals surface area contributed by atoms with Crippen LogP contribution in [0.1, 0.15) is 39.2 Å². The quantitative estimate of drug-likeness (QED) is 0.236. The maximum absolute atomic E-state index is 11.5. The first kappa shape index (κ1) is 24.0. The standard InChI is InChI=1S/C28H35NO2Si/c1-28(2,3)32(26-17-9-5-10-18-26,27-19-11-6-12-20-27)31-22-14-13-21-29(24-30)23-25-15-7-4-8-16-25/h4-12,15-20,24H,13-14,21-23H2,1-3H3. The molecule has 0 saturated carbocycles. The van der Waals surface area contributed by atoms with E-state index in [9.17, 15) is 4.79 Å². The van der Waals surface area contributed by atoms with Crippen molar-refractivity contribution in [2.24, 2.45) is 0 Å². The lowest BCUT2D eigenvalue weighted by atomic mass is 10.2. The number of unbranched alkanes of at least 4 members (excludes halogenated alkanes) is 1. The summed E-state index contributed by atoms with van der Waals surface area (Å²) in [6.45, 7) is 8.97. The van der Waals surface area contributed by atoms with Gasteiger partial charge >= 0.3 is 0 Å². The topological polar surface area (TPSA) is 29.5 Å². The summed E-state index contributed by atoms with van der Waals surface area (Å²) in [5, 5.41) is 2.59. The molecule has 0 spiro atoms. The summed E-state index contributed by atoms with van der Waals surface area (Å²) in [5.74, 6) is 0. The molecular formula is C28H35NO2Si. The van der Waals surface area contributed by atoms with Gasteiger partial charge in [-0.15, -0.1) is 0 Å². The van der Waals surface area contributed by atoms with Crippen molar-refractivity contribution < 1.29 is 9.22 Å². The smallest absolute Gasteiger partial charge is 0.261 e. The lowest BCUT2D eigenvalue weighted by Crippen LogP contribution is -2.66. The Morgan fingerprint density at radius 3 is 1.75 bits per heavy atom. The van der Waals surface area contributed by atoms with Gasteiger partial charge in [-0.1, -0.05) is 112 Å². The van der Waals surface area contributed by atoms with Crippen LogP contribution in [-0.2, 0) is 15.8 Å². The molecule has 1 amide bonds. The zero-order valence-electron chi connectivity index (χ0n) is 19.5. The number of carbonyl (C=O) groups is 1. The average molecular weight is 446 g/mol. The van der Waals surface area contributed by atoms with Gasteiger partial charge in [0.25, 0.3) is 8.32 Å². The number of carbonyl (C=O) groups excluding carboxylic acids is 1. The highest BCUT2D eigenvalue weighted by Gasteiger charge is 2.49. The van der Waals surface area contributed by atoms with Crippen molar-refractivity contribution in [3.05, 3.63) is 96.6 Å². The predicted molar refractivity (Wildman–Crippen MR) is 136 cm³/mol. The molecule has 0 aliphatic rings. The normalized spacial score (nSPS) is 11.8. The molecule has 0 saturated heterocycles. The second-order valence-corrected chi connectivity index (χ2v) is 13.6. The van der Waals surface area contributed by atoms with Crippen LogP contribution in [0.4, 0.5) is 0 Å². The highest BCUT2D eigenvalue weighted by molar-refractivity contribution is 6.99. The molecule has 0 fully saturated rings. The molecule has 0 atom stereocenters. The maximum atomic E-state index is 11.5. The number of amides is 1. The molecule has 3 aromatic carbocycles. The van der Waals surface area contributed by atoms with Crippen LogP contribution in [0.15, 0.2) is 91.0 Å². The molecule has 3 rings (SSSR count). The molecule has 0 heterocycles. The van der Waals surface area contributed by atoms with Gasteiger partial charge in [0.1, 0.15) is 0 Å². The molecule has 0 N–H and O–H groups in total. The van der Waals surface area contributed by atoms with Crippen molar-refractivity contribution in [1.29, 1.82) is 0 Å². The third-order valence-corrected chi connectivity index (χ3v) is 11.0. The van der Waals surface area contributed by atoms with E-state index >= 15 is 0 Å². The van der Waals surface area contributed by atoms with E-state index in [0.29, 0.717) is 13.2 Å². The van der Waals surface area contributed by atoms with E-state index in [0.717, 1.165) is 31.4 Å². The zero-order chi connectivity index (χ0) is 22.9. The van der Waals surface area contributed by atoms with E-state index in [1.807, 2.05) is 23.1 Å². The molecule has 0 unspecified atom stereocenters. The van der Waals surface area contributed by atoms with Crippen molar-refractivity contribution >= 4 is 25.1 Å². The Balaban J connectivity index is 1.69. The third-order valence-electron chi connectivity index (χ3n) is 5.95. The minimum atomic E-state index is -2.48. The number of nitrogens with zero attached hydrogens (tertiary/aromatic N) is 1. The Kier molecular flexibility index (Phi) is 8.43. The van der Waals surface area contributed by atoms with Gasteiger partial charge in [-0.3, -0.25) is 4.79 Å². The Labute approximate surface area is 194 Å². The number of hydrogen-bond acceptors (Lipinski definition) is 2. The van der Waals surface area contributed by atoms with Crippen LogP contribution in [0.3, 0.4) is 0 Å². The maximum Gasteiger partial charge on any atom is 0.261 e. The van der Waals surface area contributed by atoms with E-state index < -0.39 is 8.32 Å². The Bertz CT molecular complexity index is 900. The molecule has 3 nitrogen and oxygen atoms in total. The lowest BCUT2D eigenvalue weighted by Gasteiger charge is -2.43. The second kappa shape index (κ2) is 11.3. The van der Waals surface area contributed by atoms with Crippen LogP contribution in [0.25, 0.3) is 0 Å². The van der Waals surface area contributed by atoms with Crippen LogP contribution >= 0.6 is 0 Å². The molecule has 0 radical (unpaired) electrons. The summed E-state index contributed by atoms with van der Waals surface area (Å²) in [5.41, 5.74) is 1.16. The van der Waals surface area contributed by atoms with Gasteiger partial charge in [0.15, 0.2) is 0 Å². The Hall–Kier alpha value is -2.69. The van der Waals surface area contributed by atoms with Gasteiger partial charge in [0.05, 0.1) is 0 Å². The van der Waals surface area contributed by atoms with Gasteiger partial charge < -0.3 is 9.33 Å². The molecule has 0 aliphatic carbocycles. The zero-order valence-corrected chi connectivity index (χ0v) is 20.5. The van der Waals surface area contributed by atoms with E-state index in [1.54, 1.807) is 0 Å². The SMILES string of the molecule is CC(C)(C)[Si](OCCCCN(C=O)Cc1ccccc1)(c1ccccc1)c1ccccc1. The summed E-state index contributed by atoms with van der Waals surface area (Å²) < 4.78 is 6.93. The number of rotatable bonds is 11. The van der Waals surface area contributed by atoms with Crippen molar-refractivity contribution in [3.63, 3.8) is 0 Å². The van der Waals surface area contributed by atoms with Crippen LogP contribution in [0, 0.1) is 0 Å². The number of benzene rings is 3. The molecule has 32 heavy (non-hydrogen) atoms. The summed E-state index contributed by atoms with van der Waals surface area (Å²) in [7, 11) is -2.48. The summed E-state index contributed by atoms with van der Waals surface area (Å²) >= 11 is 0. The fourth-order valence-corrected chi connectivity index (χ4v) is 9.00. The van der Waals surface area contributed by atoms with Gasteiger partial charge in [-0.25, -0.2) is 0 Å². The van der Waals surface area contributed by atoms with E-state index in [-0.39, 0.29) is 5.04 Å². The second-order valence-electron chi connectivity index (χ2n) is 9.28.